The van der Waals surface area contributed by atoms with Crippen molar-refractivity contribution in [3.05, 3.63) is 82.9 Å². The summed E-state index contributed by atoms with van der Waals surface area (Å²) in [4.78, 5) is 12.5. The predicted octanol–water partition coefficient (Wildman–Crippen LogP) is 5.56. The van der Waals surface area contributed by atoms with E-state index < -0.39 is 0 Å². The summed E-state index contributed by atoms with van der Waals surface area (Å²) in [5.74, 6) is 0.195. The lowest BCUT2D eigenvalue weighted by molar-refractivity contribution is -0.147. The summed E-state index contributed by atoms with van der Waals surface area (Å²) in [6.07, 6.45) is 3.09. The van der Waals surface area contributed by atoms with Crippen molar-refractivity contribution >= 4 is 5.97 Å². The maximum Gasteiger partial charge on any atom is 0.310 e. The van der Waals surface area contributed by atoms with Crippen molar-refractivity contribution in [3.8, 4) is 0 Å². The Bertz CT molecular complexity index is 798. The monoisotopic (exact) mass is 348 g/mol. The number of carbonyl (C=O) groups is 1. The summed E-state index contributed by atoms with van der Waals surface area (Å²) in [6.45, 7) is 8.78. The minimum Gasteiger partial charge on any atom is -0.461 e. The SMILES string of the molecule is CC(C)=C[C@@H]1[C@@H](C(=O)OCc2cccc(Cc3ccccc3)c2)C1(C)C. The second-order valence-electron chi connectivity index (χ2n) is 8.16. The molecular weight excluding hydrogens is 320 g/mol. The first-order valence-corrected chi connectivity index (χ1v) is 9.31. The van der Waals surface area contributed by atoms with Gasteiger partial charge in [0.1, 0.15) is 6.61 Å². The Morgan fingerprint density at radius 3 is 2.35 bits per heavy atom. The number of rotatable bonds is 6. The van der Waals surface area contributed by atoms with Crippen molar-refractivity contribution in [1.82, 2.24) is 0 Å². The van der Waals surface area contributed by atoms with Crippen LogP contribution in [-0.2, 0) is 22.6 Å². The molecule has 0 radical (unpaired) electrons. The highest BCUT2D eigenvalue weighted by molar-refractivity contribution is 5.78. The Hall–Kier alpha value is -2.35. The fourth-order valence-corrected chi connectivity index (χ4v) is 3.70. The lowest BCUT2D eigenvalue weighted by Crippen LogP contribution is -2.10. The third-order valence-corrected chi connectivity index (χ3v) is 5.30. The molecule has 2 nitrogen and oxygen atoms in total. The number of benzene rings is 2. The zero-order chi connectivity index (χ0) is 18.7. The van der Waals surface area contributed by atoms with Crippen molar-refractivity contribution in [1.29, 1.82) is 0 Å². The van der Waals surface area contributed by atoms with Gasteiger partial charge in [0.05, 0.1) is 5.92 Å². The van der Waals surface area contributed by atoms with Gasteiger partial charge in [-0.15, -0.1) is 0 Å². The molecule has 26 heavy (non-hydrogen) atoms. The number of allylic oxidation sites excluding steroid dienone is 2. The lowest BCUT2D eigenvalue weighted by atomic mass is 10.0. The van der Waals surface area contributed by atoms with Gasteiger partial charge in [-0.2, -0.15) is 0 Å². The van der Waals surface area contributed by atoms with E-state index in [1.54, 1.807) is 0 Å². The molecule has 0 bridgehead atoms. The molecule has 1 aliphatic carbocycles. The Labute approximate surface area is 156 Å². The van der Waals surface area contributed by atoms with Gasteiger partial charge in [0.15, 0.2) is 0 Å². The van der Waals surface area contributed by atoms with E-state index in [0.29, 0.717) is 12.5 Å². The van der Waals surface area contributed by atoms with E-state index in [0.717, 1.165) is 12.0 Å². The van der Waals surface area contributed by atoms with Crippen LogP contribution in [0.5, 0.6) is 0 Å². The first-order chi connectivity index (χ1) is 12.4. The largest absolute Gasteiger partial charge is 0.461 e. The lowest BCUT2D eigenvalue weighted by Gasteiger charge is -2.08. The number of ether oxygens (including phenoxy) is 1. The smallest absolute Gasteiger partial charge is 0.310 e. The fourth-order valence-electron chi connectivity index (χ4n) is 3.70. The van der Waals surface area contributed by atoms with Crippen molar-refractivity contribution in [2.75, 3.05) is 0 Å². The molecule has 136 valence electrons. The van der Waals surface area contributed by atoms with E-state index in [2.05, 4.69) is 70.2 Å². The maximum absolute atomic E-state index is 12.5. The Morgan fingerprint density at radius 2 is 1.65 bits per heavy atom. The van der Waals surface area contributed by atoms with Crippen molar-refractivity contribution in [2.24, 2.45) is 17.3 Å². The molecule has 1 aliphatic rings. The predicted molar refractivity (Wildman–Crippen MR) is 106 cm³/mol. The average Bonchev–Trinajstić information content (AvgIpc) is 3.13. The second kappa shape index (κ2) is 7.49. The van der Waals surface area contributed by atoms with Crippen LogP contribution in [0.1, 0.15) is 44.4 Å². The minimum atomic E-state index is -0.0778. The summed E-state index contributed by atoms with van der Waals surface area (Å²) < 4.78 is 5.64. The summed E-state index contributed by atoms with van der Waals surface area (Å²) >= 11 is 0. The van der Waals surface area contributed by atoms with Gasteiger partial charge in [-0.1, -0.05) is 80.1 Å². The normalized spacial score (nSPS) is 20.3. The first-order valence-electron chi connectivity index (χ1n) is 9.31. The van der Waals surface area contributed by atoms with Gasteiger partial charge in [-0.3, -0.25) is 4.79 Å². The molecule has 2 aromatic rings. The second-order valence-corrected chi connectivity index (χ2v) is 8.16. The van der Waals surface area contributed by atoms with Crippen LogP contribution in [-0.4, -0.2) is 5.97 Å². The Kier molecular flexibility index (Phi) is 5.31. The molecule has 0 heterocycles. The summed E-state index contributed by atoms with van der Waals surface area (Å²) in [6, 6.07) is 18.7. The van der Waals surface area contributed by atoms with Crippen LogP contribution in [0.3, 0.4) is 0 Å². The van der Waals surface area contributed by atoms with E-state index in [-0.39, 0.29) is 17.3 Å². The molecule has 0 unspecified atom stereocenters. The van der Waals surface area contributed by atoms with Gasteiger partial charge in [0.25, 0.3) is 0 Å². The van der Waals surface area contributed by atoms with Crippen LogP contribution in [0, 0.1) is 17.3 Å². The van der Waals surface area contributed by atoms with Crippen LogP contribution in [0.15, 0.2) is 66.2 Å². The maximum atomic E-state index is 12.5. The van der Waals surface area contributed by atoms with Gasteiger partial charge >= 0.3 is 5.97 Å². The highest BCUT2D eigenvalue weighted by Crippen LogP contribution is 2.59. The molecule has 1 saturated carbocycles. The summed E-state index contributed by atoms with van der Waals surface area (Å²) in [5, 5.41) is 0. The van der Waals surface area contributed by atoms with E-state index in [1.807, 2.05) is 18.2 Å². The molecular formula is C24H28O2. The first kappa shape index (κ1) is 18.4. The Balaban J connectivity index is 1.59. The van der Waals surface area contributed by atoms with E-state index in [4.69, 9.17) is 4.74 Å². The standard InChI is InChI=1S/C24H28O2/c1-17(2)13-21-22(24(21,3)4)23(25)26-16-20-12-8-11-19(15-20)14-18-9-6-5-7-10-18/h5-13,15,21-22H,14,16H2,1-4H3/t21-,22+/m1/s1. The molecule has 2 heteroatoms. The Morgan fingerprint density at radius 1 is 1.00 bits per heavy atom. The van der Waals surface area contributed by atoms with Crippen molar-refractivity contribution < 1.29 is 9.53 Å². The zero-order valence-corrected chi connectivity index (χ0v) is 16.2. The van der Waals surface area contributed by atoms with E-state index >= 15 is 0 Å². The molecule has 3 rings (SSSR count). The summed E-state index contributed by atoms with van der Waals surface area (Å²) in [7, 11) is 0. The highest BCUT2D eigenvalue weighted by atomic mass is 16.5. The molecule has 0 aliphatic heterocycles. The van der Waals surface area contributed by atoms with Gasteiger partial charge < -0.3 is 4.74 Å². The summed E-state index contributed by atoms with van der Waals surface area (Å²) in [5.41, 5.74) is 4.82. The van der Waals surface area contributed by atoms with Crippen LogP contribution in [0.25, 0.3) is 0 Å². The van der Waals surface area contributed by atoms with Gasteiger partial charge in [0.2, 0.25) is 0 Å². The van der Waals surface area contributed by atoms with E-state index in [1.165, 1.54) is 16.7 Å². The van der Waals surface area contributed by atoms with Gasteiger partial charge in [0, 0.05) is 0 Å². The number of hydrogen-bond donors (Lipinski definition) is 0. The van der Waals surface area contributed by atoms with Crippen LogP contribution in [0.4, 0.5) is 0 Å². The molecule has 2 atom stereocenters. The minimum absolute atomic E-state index is 0.00348. The van der Waals surface area contributed by atoms with Gasteiger partial charge in [-0.05, 0) is 48.3 Å². The quantitative estimate of drug-likeness (QED) is 0.505. The fraction of sp³-hybridized carbons (Fsp3) is 0.375. The molecule has 0 N–H and O–H groups in total. The highest BCUT2D eigenvalue weighted by Gasteiger charge is 2.61. The van der Waals surface area contributed by atoms with Gasteiger partial charge in [-0.25, -0.2) is 0 Å². The average molecular weight is 348 g/mol. The molecule has 0 amide bonds. The molecule has 0 saturated heterocycles. The zero-order valence-electron chi connectivity index (χ0n) is 16.2. The van der Waals surface area contributed by atoms with Crippen LogP contribution < -0.4 is 0 Å². The third-order valence-electron chi connectivity index (χ3n) is 5.30. The molecule has 1 fully saturated rings. The van der Waals surface area contributed by atoms with E-state index in [9.17, 15) is 4.79 Å². The van der Waals surface area contributed by atoms with Crippen molar-refractivity contribution in [3.63, 3.8) is 0 Å². The number of esters is 1. The van der Waals surface area contributed by atoms with Crippen LogP contribution >= 0.6 is 0 Å². The molecule has 0 aromatic heterocycles. The number of hydrogen-bond acceptors (Lipinski definition) is 2. The topological polar surface area (TPSA) is 26.3 Å². The number of carbonyl (C=O) groups excluding carboxylic acids is 1. The van der Waals surface area contributed by atoms with Crippen molar-refractivity contribution in [2.45, 2.75) is 40.7 Å². The third kappa shape index (κ3) is 4.24. The van der Waals surface area contributed by atoms with Crippen LogP contribution in [0.2, 0.25) is 0 Å². The molecule has 2 aromatic carbocycles. The molecule has 0 spiro atoms.